The molecule has 6 rings (SSSR count). The summed E-state index contributed by atoms with van der Waals surface area (Å²) in [6.45, 7) is 1.05. The lowest BCUT2D eigenvalue weighted by Gasteiger charge is -2.41. The summed E-state index contributed by atoms with van der Waals surface area (Å²) in [7, 11) is 1.24. The van der Waals surface area contributed by atoms with Gasteiger partial charge in [-0.1, -0.05) is 17.7 Å². The van der Waals surface area contributed by atoms with Gasteiger partial charge in [-0.25, -0.2) is 28.5 Å². The number of halogens is 3. The maximum Gasteiger partial charge on any atom is 0.338 e. The molecule has 2 aliphatic heterocycles. The minimum atomic E-state index is -1.25. The number of aliphatic imine (C=N–C) groups is 1. The first-order valence-corrected chi connectivity index (χ1v) is 15.1. The lowest BCUT2D eigenvalue weighted by atomic mass is 9.68. The van der Waals surface area contributed by atoms with Crippen LogP contribution in [0.3, 0.4) is 0 Å². The minimum Gasteiger partial charge on any atom is -0.481 e. The molecular formula is C29H27ClF2N6O5S. The number of amidine groups is 1. The molecule has 4 heterocycles. The van der Waals surface area contributed by atoms with E-state index in [0.29, 0.717) is 54.0 Å². The molecule has 1 unspecified atom stereocenters. The molecule has 1 aliphatic carbocycles. The number of benzene rings is 1. The topological polar surface area (TPSA) is 150 Å². The quantitative estimate of drug-likeness (QED) is 0.255. The van der Waals surface area contributed by atoms with Gasteiger partial charge in [0.1, 0.15) is 6.04 Å². The number of piperidine rings is 1. The molecule has 44 heavy (non-hydrogen) atoms. The average Bonchev–Trinajstić information content (AvgIpc) is 3.57. The Hall–Kier alpha value is -4.01. The van der Waals surface area contributed by atoms with E-state index in [4.69, 9.17) is 21.4 Å². The standard InChI is InChI=1S/C29H27ClF2N6O5S/c1-43-27(41)19-22(36-24(25-33-6-9-44-25)37-23(19)17-2-3-18(31)21(32)20(17)30)14-4-7-38(8-5-14)28-34-12-16(13-35-28)29(42)10-15(11-29)26(39)40/h2-3,6,9,12-15,23,42H,4-5,7-8,10-11H2,1H3,(H,36,37)(H,39,40)/t15-,23?,29+. The second kappa shape index (κ2) is 11.8. The van der Waals surface area contributed by atoms with E-state index in [0.717, 1.165) is 6.07 Å². The number of thiazole rings is 1. The van der Waals surface area contributed by atoms with Gasteiger partial charge in [-0.2, -0.15) is 0 Å². The van der Waals surface area contributed by atoms with Crippen molar-refractivity contribution in [2.45, 2.75) is 37.3 Å². The molecule has 230 valence electrons. The van der Waals surface area contributed by atoms with Crippen LogP contribution in [0.5, 0.6) is 0 Å². The molecule has 1 aromatic carbocycles. The van der Waals surface area contributed by atoms with Crippen molar-refractivity contribution in [3.63, 3.8) is 0 Å². The van der Waals surface area contributed by atoms with Crippen molar-refractivity contribution in [1.29, 1.82) is 0 Å². The minimum absolute atomic E-state index is 0.115. The highest BCUT2D eigenvalue weighted by atomic mass is 35.5. The molecule has 3 N–H and O–H groups in total. The van der Waals surface area contributed by atoms with Crippen molar-refractivity contribution in [2.24, 2.45) is 16.8 Å². The number of ether oxygens (including phenoxy) is 1. The summed E-state index contributed by atoms with van der Waals surface area (Å²) in [6.07, 6.45) is 6.04. The summed E-state index contributed by atoms with van der Waals surface area (Å²) in [4.78, 5) is 44.3. The number of aromatic nitrogens is 3. The number of methoxy groups -OCH3 is 1. The summed E-state index contributed by atoms with van der Waals surface area (Å²) in [5.74, 6) is -3.90. The molecule has 1 saturated heterocycles. The molecule has 0 spiro atoms. The smallest absolute Gasteiger partial charge is 0.338 e. The third kappa shape index (κ3) is 5.41. The number of hydrogen-bond acceptors (Lipinski definition) is 11. The maximum atomic E-state index is 14.6. The molecule has 2 fully saturated rings. The number of carboxylic acids is 1. The number of nitrogens with zero attached hydrogens (tertiary/aromatic N) is 5. The van der Waals surface area contributed by atoms with E-state index in [2.05, 4.69) is 25.3 Å². The first-order valence-electron chi connectivity index (χ1n) is 13.8. The zero-order chi connectivity index (χ0) is 31.2. The molecule has 0 amide bonds. The van der Waals surface area contributed by atoms with Gasteiger partial charge < -0.3 is 25.2 Å². The molecule has 0 radical (unpaired) electrons. The van der Waals surface area contributed by atoms with Crippen molar-refractivity contribution in [2.75, 3.05) is 25.1 Å². The fourth-order valence-electron chi connectivity index (χ4n) is 5.91. The maximum absolute atomic E-state index is 14.6. The monoisotopic (exact) mass is 644 g/mol. The van der Waals surface area contributed by atoms with Crippen molar-refractivity contribution in [3.05, 3.63) is 80.2 Å². The van der Waals surface area contributed by atoms with Gasteiger partial charge >= 0.3 is 11.9 Å². The van der Waals surface area contributed by atoms with Crippen LogP contribution in [0.15, 0.2) is 52.4 Å². The predicted molar refractivity (Wildman–Crippen MR) is 156 cm³/mol. The molecule has 0 bridgehead atoms. The number of anilines is 1. The van der Waals surface area contributed by atoms with E-state index < -0.39 is 46.2 Å². The number of carbonyl (C=O) groups is 2. The van der Waals surface area contributed by atoms with Crippen LogP contribution in [0.25, 0.3) is 0 Å². The van der Waals surface area contributed by atoms with Gasteiger partial charge in [0.15, 0.2) is 22.5 Å². The van der Waals surface area contributed by atoms with Crippen LogP contribution in [0.1, 0.15) is 47.9 Å². The summed E-state index contributed by atoms with van der Waals surface area (Å²) in [6, 6.07) is 1.18. The Balaban J connectivity index is 1.27. The van der Waals surface area contributed by atoms with Crippen LogP contribution in [-0.2, 0) is 19.9 Å². The van der Waals surface area contributed by atoms with E-state index in [-0.39, 0.29) is 29.9 Å². The number of aliphatic carboxylic acids is 1. The van der Waals surface area contributed by atoms with Gasteiger partial charge in [-0.05, 0) is 31.7 Å². The number of rotatable bonds is 7. The van der Waals surface area contributed by atoms with Crippen LogP contribution in [0.4, 0.5) is 14.7 Å². The Kier molecular flexibility index (Phi) is 8.07. The molecule has 11 nitrogen and oxygen atoms in total. The Morgan fingerprint density at radius 3 is 2.48 bits per heavy atom. The van der Waals surface area contributed by atoms with Gasteiger partial charge in [0.05, 0.1) is 29.2 Å². The molecule has 3 aliphatic rings. The van der Waals surface area contributed by atoms with Crippen LogP contribution in [-0.4, -0.2) is 63.1 Å². The van der Waals surface area contributed by atoms with Gasteiger partial charge in [-0.15, -0.1) is 11.3 Å². The van der Waals surface area contributed by atoms with Crippen LogP contribution < -0.4 is 10.2 Å². The van der Waals surface area contributed by atoms with Crippen molar-refractivity contribution < 1.29 is 33.3 Å². The number of nitrogens with one attached hydrogen (secondary N) is 1. The van der Waals surface area contributed by atoms with E-state index in [1.165, 1.54) is 36.9 Å². The van der Waals surface area contributed by atoms with Gasteiger partial charge in [-0.3, -0.25) is 9.79 Å². The molecule has 3 aromatic rings. The number of carbonyl (C=O) groups excluding carboxylic acids is 1. The van der Waals surface area contributed by atoms with E-state index >= 15 is 0 Å². The summed E-state index contributed by atoms with van der Waals surface area (Å²) in [5.41, 5.74) is 0.0328. The Bertz CT molecular complexity index is 1660. The highest BCUT2D eigenvalue weighted by Gasteiger charge is 2.48. The third-order valence-electron chi connectivity index (χ3n) is 8.35. The molecule has 1 saturated carbocycles. The number of aliphatic hydroxyl groups is 1. The second-order valence-electron chi connectivity index (χ2n) is 10.9. The lowest BCUT2D eigenvalue weighted by molar-refractivity contribution is -0.159. The van der Waals surface area contributed by atoms with Gasteiger partial charge in [0.25, 0.3) is 0 Å². The number of hydrogen-bond donors (Lipinski definition) is 3. The summed E-state index contributed by atoms with van der Waals surface area (Å²) < 4.78 is 33.7. The predicted octanol–water partition coefficient (Wildman–Crippen LogP) is 3.98. The van der Waals surface area contributed by atoms with Crippen molar-refractivity contribution in [3.8, 4) is 0 Å². The average molecular weight is 645 g/mol. The fraction of sp³-hybridized carbons (Fsp3) is 0.379. The van der Waals surface area contributed by atoms with E-state index in [1.54, 1.807) is 11.6 Å². The Labute approximate surface area is 259 Å². The van der Waals surface area contributed by atoms with Crippen molar-refractivity contribution in [1.82, 2.24) is 20.3 Å². The van der Waals surface area contributed by atoms with Crippen LogP contribution in [0.2, 0.25) is 5.02 Å². The number of esters is 1. The second-order valence-corrected chi connectivity index (χ2v) is 12.2. The van der Waals surface area contributed by atoms with Crippen molar-refractivity contribution >= 4 is 46.7 Å². The summed E-state index contributed by atoms with van der Waals surface area (Å²) >= 11 is 7.58. The summed E-state index contributed by atoms with van der Waals surface area (Å²) in [5, 5.41) is 25.0. The highest BCUT2D eigenvalue weighted by molar-refractivity contribution is 7.11. The zero-order valence-corrected chi connectivity index (χ0v) is 24.9. The van der Waals surface area contributed by atoms with Gasteiger partial charge in [0.2, 0.25) is 5.95 Å². The first kappa shape index (κ1) is 30.0. The SMILES string of the molecule is COC(=O)C1=C(C2CCN(c3ncc([C@]4(O)C[C@@H](C(=O)O)C4)cn3)CC2)NC(c2nccs2)=NC1c1ccc(F)c(F)c1Cl. The lowest BCUT2D eigenvalue weighted by Crippen LogP contribution is -2.45. The first-order chi connectivity index (χ1) is 21.1. The molecule has 1 atom stereocenters. The zero-order valence-electron chi connectivity index (χ0n) is 23.3. The Morgan fingerprint density at radius 1 is 1.16 bits per heavy atom. The van der Waals surface area contributed by atoms with E-state index in [1.807, 2.05) is 4.90 Å². The van der Waals surface area contributed by atoms with E-state index in [9.17, 15) is 23.5 Å². The number of carboxylic acid groups (broad SMARTS) is 1. The third-order valence-corrected chi connectivity index (χ3v) is 9.52. The molecule has 15 heteroatoms. The highest BCUT2D eigenvalue weighted by Crippen LogP contribution is 2.45. The number of allylic oxidation sites excluding steroid dienone is 1. The Morgan fingerprint density at radius 2 is 1.86 bits per heavy atom. The van der Waals surface area contributed by atoms with Crippen LogP contribution in [0, 0.1) is 23.5 Å². The van der Waals surface area contributed by atoms with Gasteiger partial charge in [0, 0.05) is 59.8 Å². The fourth-order valence-corrected chi connectivity index (χ4v) is 6.75. The van der Waals surface area contributed by atoms with Crippen LogP contribution >= 0.6 is 22.9 Å². The largest absolute Gasteiger partial charge is 0.481 e. The molecular weight excluding hydrogens is 618 g/mol. The normalized spacial score (nSPS) is 23.9. The molecule has 2 aromatic heterocycles.